The van der Waals surface area contributed by atoms with Crippen LogP contribution in [0.1, 0.15) is 39.0 Å². The van der Waals surface area contributed by atoms with Crippen LogP contribution in [-0.2, 0) is 33.5 Å². The number of alkyl carbamates (subject to hydrolysis) is 1. The molecular formula is C28H34ClF3N8O5S. The maximum atomic E-state index is 13.8. The topological polar surface area (TPSA) is 143 Å². The van der Waals surface area contributed by atoms with Gasteiger partial charge in [0.2, 0.25) is 22.7 Å². The van der Waals surface area contributed by atoms with Crippen molar-refractivity contribution in [1.29, 1.82) is 0 Å². The Morgan fingerprint density at radius 2 is 1.78 bits per heavy atom. The molecule has 3 amide bonds. The summed E-state index contributed by atoms with van der Waals surface area (Å²) in [6.07, 6.45) is -3.25. The Morgan fingerprint density at radius 1 is 1.11 bits per heavy atom. The number of amides is 3. The monoisotopic (exact) mass is 686 g/mol. The van der Waals surface area contributed by atoms with Gasteiger partial charge >= 0.3 is 12.3 Å². The van der Waals surface area contributed by atoms with Crippen LogP contribution < -0.4 is 21.1 Å². The third-order valence-electron chi connectivity index (χ3n) is 6.93. The number of benzene rings is 1. The van der Waals surface area contributed by atoms with Gasteiger partial charge in [-0.3, -0.25) is 14.4 Å². The van der Waals surface area contributed by atoms with Crippen LogP contribution in [0.3, 0.4) is 0 Å². The Labute approximate surface area is 271 Å². The fourth-order valence-corrected chi connectivity index (χ4v) is 5.44. The number of piperazine rings is 1. The second-order valence-corrected chi connectivity index (χ2v) is 12.5. The van der Waals surface area contributed by atoms with Gasteiger partial charge < -0.3 is 29.7 Å². The van der Waals surface area contributed by atoms with Gasteiger partial charge in [0.1, 0.15) is 24.4 Å². The van der Waals surface area contributed by atoms with E-state index in [2.05, 4.69) is 20.7 Å². The zero-order chi connectivity index (χ0) is 34.0. The summed E-state index contributed by atoms with van der Waals surface area (Å²) in [5.41, 5.74) is -1.36. The van der Waals surface area contributed by atoms with Crippen molar-refractivity contribution in [3.8, 4) is 0 Å². The molecule has 3 heterocycles. The quantitative estimate of drug-likeness (QED) is 0.340. The molecule has 46 heavy (non-hydrogen) atoms. The van der Waals surface area contributed by atoms with E-state index in [4.69, 9.17) is 16.3 Å². The van der Waals surface area contributed by atoms with Crippen molar-refractivity contribution < 1.29 is 32.3 Å². The molecule has 18 heteroatoms. The van der Waals surface area contributed by atoms with Crippen LogP contribution in [0.4, 0.5) is 29.3 Å². The van der Waals surface area contributed by atoms with Crippen LogP contribution in [0.25, 0.3) is 5.78 Å². The average molecular weight is 687 g/mol. The summed E-state index contributed by atoms with van der Waals surface area (Å²) in [5.74, 6) is -0.811. The number of fused-ring (bicyclic) bond motifs is 1. The van der Waals surface area contributed by atoms with E-state index in [1.165, 1.54) is 11.8 Å². The van der Waals surface area contributed by atoms with E-state index in [1.54, 1.807) is 36.5 Å². The third-order valence-corrected chi connectivity index (χ3v) is 7.78. The molecule has 3 aromatic rings. The normalized spacial score (nSPS) is 14.0. The molecule has 0 radical (unpaired) electrons. The van der Waals surface area contributed by atoms with Gasteiger partial charge in [0, 0.05) is 26.2 Å². The number of aromatic nitrogens is 4. The highest BCUT2D eigenvalue weighted by Gasteiger charge is 2.32. The molecule has 0 aliphatic carbocycles. The zero-order valence-electron chi connectivity index (χ0n) is 25.8. The number of nitrogens with one attached hydrogen (secondary N) is 2. The van der Waals surface area contributed by atoms with Gasteiger partial charge in [-0.05, 0) is 51.6 Å². The lowest BCUT2D eigenvalue weighted by molar-refractivity contribution is -0.137. The van der Waals surface area contributed by atoms with Crippen LogP contribution >= 0.6 is 23.4 Å². The Balaban J connectivity index is 1.57. The lowest BCUT2D eigenvalue weighted by Crippen LogP contribution is -2.53. The first-order chi connectivity index (χ1) is 21.5. The predicted molar refractivity (Wildman–Crippen MR) is 167 cm³/mol. The van der Waals surface area contributed by atoms with Crippen molar-refractivity contribution in [2.75, 3.05) is 49.2 Å². The van der Waals surface area contributed by atoms with E-state index < -0.39 is 34.9 Å². The number of hydrogen-bond acceptors (Lipinski definition) is 9. The Morgan fingerprint density at radius 3 is 2.35 bits per heavy atom. The van der Waals surface area contributed by atoms with Crippen LogP contribution in [0.15, 0.2) is 28.2 Å². The molecule has 1 fully saturated rings. The largest absolute Gasteiger partial charge is 0.444 e. The Bertz CT molecular complexity index is 1700. The van der Waals surface area contributed by atoms with Crippen molar-refractivity contribution in [3.05, 3.63) is 44.8 Å². The van der Waals surface area contributed by atoms with E-state index >= 15 is 0 Å². The number of carbonyl (C=O) groups excluding carboxylic acids is 3. The molecule has 2 aromatic heterocycles. The molecular weight excluding hydrogens is 653 g/mol. The molecule has 4 rings (SSSR count). The number of halogens is 4. The Hall–Kier alpha value is -3.99. The lowest BCUT2D eigenvalue weighted by atomic mass is 10.2. The number of carbonyl (C=O) groups is 3. The Kier molecular flexibility index (Phi) is 10.5. The first kappa shape index (κ1) is 34.9. The van der Waals surface area contributed by atoms with E-state index in [-0.39, 0.29) is 67.4 Å². The van der Waals surface area contributed by atoms with Crippen LogP contribution in [0, 0.1) is 0 Å². The van der Waals surface area contributed by atoms with Crippen molar-refractivity contribution in [3.63, 3.8) is 0 Å². The van der Waals surface area contributed by atoms with Crippen molar-refractivity contribution in [2.24, 2.45) is 0 Å². The van der Waals surface area contributed by atoms with Gasteiger partial charge in [0.25, 0.3) is 5.56 Å². The smallest absolute Gasteiger partial charge is 0.416 e. The highest BCUT2D eigenvalue weighted by molar-refractivity contribution is 7.98. The van der Waals surface area contributed by atoms with Crippen molar-refractivity contribution >= 4 is 58.4 Å². The maximum absolute atomic E-state index is 13.8. The van der Waals surface area contributed by atoms with Gasteiger partial charge in [0.05, 0.1) is 22.0 Å². The zero-order valence-corrected chi connectivity index (χ0v) is 27.4. The first-order valence-electron chi connectivity index (χ1n) is 14.2. The van der Waals surface area contributed by atoms with Crippen molar-refractivity contribution in [1.82, 2.24) is 29.4 Å². The summed E-state index contributed by atoms with van der Waals surface area (Å²) in [5, 5.41) is 9.31. The van der Waals surface area contributed by atoms with Gasteiger partial charge in [0.15, 0.2) is 0 Å². The second-order valence-electron chi connectivity index (χ2n) is 11.3. The number of rotatable bonds is 8. The van der Waals surface area contributed by atoms with E-state index in [0.29, 0.717) is 17.3 Å². The number of nitrogens with zero attached hydrogens (tertiary/aromatic N) is 6. The summed E-state index contributed by atoms with van der Waals surface area (Å²) in [4.78, 5) is 59.5. The molecule has 1 saturated heterocycles. The molecule has 2 N–H and O–H groups in total. The minimum Gasteiger partial charge on any atom is -0.444 e. The number of anilines is 2. The molecule has 13 nitrogen and oxygen atoms in total. The third kappa shape index (κ3) is 8.04. The minimum absolute atomic E-state index is 0.0109. The van der Waals surface area contributed by atoms with Gasteiger partial charge in [-0.2, -0.15) is 22.7 Å². The second kappa shape index (κ2) is 13.8. The lowest BCUT2D eigenvalue weighted by Gasteiger charge is -2.37. The summed E-state index contributed by atoms with van der Waals surface area (Å²) >= 11 is 7.25. The summed E-state index contributed by atoms with van der Waals surface area (Å²) in [7, 11) is 0. The van der Waals surface area contributed by atoms with E-state index in [0.717, 1.165) is 22.7 Å². The molecule has 0 unspecified atom stereocenters. The summed E-state index contributed by atoms with van der Waals surface area (Å²) in [6, 6.07) is 2.62. The number of alkyl halides is 3. The van der Waals surface area contributed by atoms with Gasteiger partial charge in [-0.25, -0.2) is 4.79 Å². The standard InChI is InChI=1S/C28H34ClF3N8O5S/c1-6-19-22(38-11-9-37(10-12-38)21(42)14-33-26(44)45-27(2,3)4)23(43)40-25(35-24(36-40)46-5)39(19)15-20(41)34-18-8-7-16(13-17(18)29)28(30,31)32/h7-8,13H,6,9-12,14-15H2,1-5H3,(H,33,44)(H,34,41). The van der Waals surface area contributed by atoms with E-state index in [1.807, 2.05) is 11.8 Å². The fourth-order valence-electron chi connectivity index (χ4n) is 4.88. The summed E-state index contributed by atoms with van der Waals surface area (Å²) in [6.45, 7) is 7.44. The first-order valence-corrected chi connectivity index (χ1v) is 15.8. The predicted octanol–water partition coefficient (Wildman–Crippen LogP) is 3.66. The number of hydrogen-bond donors (Lipinski definition) is 2. The highest BCUT2D eigenvalue weighted by Crippen LogP contribution is 2.34. The SMILES string of the molecule is CCc1c(N2CCN(C(=O)CNC(=O)OC(C)(C)C)CC2)c(=O)n2nc(SC)nc2n1CC(=O)Nc1ccc(C(F)(F)F)cc1Cl. The fraction of sp³-hybridized carbons (Fsp3) is 0.500. The average Bonchev–Trinajstić information content (AvgIpc) is 3.42. The van der Waals surface area contributed by atoms with Crippen LogP contribution in [-0.4, -0.2) is 86.6 Å². The molecule has 1 aliphatic rings. The molecule has 0 bridgehead atoms. The molecule has 1 aliphatic heterocycles. The minimum atomic E-state index is -4.60. The van der Waals surface area contributed by atoms with Crippen LogP contribution in [0.2, 0.25) is 5.02 Å². The molecule has 0 saturated carbocycles. The number of thioether (sulfide) groups is 1. The van der Waals surface area contributed by atoms with Gasteiger partial charge in [-0.15, -0.1) is 5.10 Å². The molecule has 0 spiro atoms. The molecule has 0 atom stereocenters. The maximum Gasteiger partial charge on any atom is 0.416 e. The molecule has 1 aromatic carbocycles. The van der Waals surface area contributed by atoms with Gasteiger partial charge in [-0.1, -0.05) is 30.3 Å². The van der Waals surface area contributed by atoms with Crippen molar-refractivity contribution in [2.45, 2.75) is 57.6 Å². The highest BCUT2D eigenvalue weighted by atomic mass is 35.5. The van der Waals surface area contributed by atoms with E-state index in [9.17, 15) is 32.3 Å². The molecule has 250 valence electrons. The number of ether oxygens (including phenoxy) is 1. The summed E-state index contributed by atoms with van der Waals surface area (Å²) < 4.78 is 47.1. The van der Waals surface area contributed by atoms with Crippen LogP contribution in [0.5, 0.6) is 0 Å².